The molecule has 1 N–H and O–H groups in total. The monoisotopic (exact) mass is 474 g/mol. The molecule has 0 saturated carbocycles. The minimum atomic E-state index is -0.727. The van der Waals surface area contributed by atoms with Gasteiger partial charge in [-0.1, -0.05) is 24.3 Å². The van der Waals surface area contributed by atoms with Crippen LogP contribution in [0.5, 0.6) is 11.5 Å². The number of aryl methyl sites for hydroxylation is 2. The van der Waals surface area contributed by atoms with E-state index in [2.05, 4.69) is 5.32 Å². The van der Waals surface area contributed by atoms with Crippen molar-refractivity contribution in [3.05, 3.63) is 81.8 Å². The molecule has 0 spiro atoms. The first kappa shape index (κ1) is 24.1. The number of nitrogens with one attached hydrogen (secondary N) is 1. The Morgan fingerprint density at radius 3 is 2.43 bits per heavy atom. The van der Waals surface area contributed by atoms with E-state index in [1.54, 1.807) is 31.9 Å². The quantitative estimate of drug-likeness (QED) is 0.420. The highest BCUT2D eigenvalue weighted by atomic mass is 16.5. The molecule has 182 valence electrons. The average Bonchev–Trinajstić information content (AvgIpc) is 3.21. The Hall–Kier alpha value is -4.07. The van der Waals surface area contributed by atoms with Crippen molar-refractivity contribution in [1.29, 1.82) is 0 Å². The van der Waals surface area contributed by atoms with Crippen molar-refractivity contribution >= 4 is 16.9 Å². The molecule has 0 saturated heterocycles. The van der Waals surface area contributed by atoms with Crippen molar-refractivity contribution in [2.24, 2.45) is 0 Å². The van der Waals surface area contributed by atoms with E-state index in [0.29, 0.717) is 30.1 Å². The van der Waals surface area contributed by atoms with E-state index in [9.17, 15) is 9.59 Å². The second-order valence-electron chi connectivity index (χ2n) is 8.47. The fraction of sp³-hybridized carbons (Fsp3) is 0.296. The van der Waals surface area contributed by atoms with Crippen LogP contribution >= 0.6 is 0 Å². The van der Waals surface area contributed by atoms with Crippen LogP contribution in [-0.4, -0.2) is 41.0 Å². The molecule has 0 bridgehead atoms. The number of benzene rings is 2. The summed E-state index contributed by atoms with van der Waals surface area (Å²) in [7, 11) is 3.18. The van der Waals surface area contributed by atoms with Crippen LogP contribution in [0, 0.1) is 13.8 Å². The highest BCUT2D eigenvalue weighted by molar-refractivity contribution is 5.87. The van der Waals surface area contributed by atoms with Crippen LogP contribution in [0.2, 0.25) is 0 Å². The van der Waals surface area contributed by atoms with Gasteiger partial charge in [0, 0.05) is 18.0 Å². The average molecular weight is 475 g/mol. The molecule has 0 aliphatic carbocycles. The van der Waals surface area contributed by atoms with Crippen LogP contribution in [0.3, 0.4) is 0 Å². The van der Waals surface area contributed by atoms with Crippen molar-refractivity contribution in [1.82, 2.24) is 19.7 Å². The number of rotatable bonds is 8. The van der Waals surface area contributed by atoms with Crippen molar-refractivity contribution < 1.29 is 14.3 Å². The Morgan fingerprint density at radius 2 is 1.74 bits per heavy atom. The summed E-state index contributed by atoms with van der Waals surface area (Å²) in [5.74, 6) is 1.06. The number of hydrogen-bond acceptors (Lipinski definition) is 5. The summed E-state index contributed by atoms with van der Waals surface area (Å²) in [4.78, 5) is 26.3. The first-order valence-electron chi connectivity index (χ1n) is 11.5. The number of hydrogen-bond donors (Lipinski definition) is 1. The Labute approximate surface area is 204 Å². The normalized spacial score (nSPS) is 11.9. The number of carbonyl (C=O) groups is 1. The molecule has 1 unspecified atom stereocenters. The van der Waals surface area contributed by atoms with E-state index in [-0.39, 0.29) is 11.5 Å². The topological polar surface area (TPSA) is 87.4 Å². The van der Waals surface area contributed by atoms with E-state index in [0.717, 1.165) is 27.9 Å². The minimum Gasteiger partial charge on any atom is -0.493 e. The molecule has 1 amide bonds. The number of pyridine rings is 1. The Kier molecular flexibility index (Phi) is 6.91. The minimum absolute atomic E-state index is 0.240. The van der Waals surface area contributed by atoms with Gasteiger partial charge in [0.1, 0.15) is 11.7 Å². The van der Waals surface area contributed by atoms with Crippen LogP contribution in [0.1, 0.15) is 29.8 Å². The summed E-state index contributed by atoms with van der Waals surface area (Å²) in [5.41, 5.74) is 3.84. The van der Waals surface area contributed by atoms with E-state index < -0.39 is 6.04 Å². The van der Waals surface area contributed by atoms with Gasteiger partial charge >= 0.3 is 0 Å². The zero-order valence-electron chi connectivity index (χ0n) is 20.7. The fourth-order valence-corrected chi connectivity index (χ4v) is 4.39. The second-order valence-corrected chi connectivity index (χ2v) is 8.47. The van der Waals surface area contributed by atoms with Crippen LogP contribution in [0.15, 0.2) is 59.4 Å². The van der Waals surface area contributed by atoms with Gasteiger partial charge in [0.25, 0.3) is 5.56 Å². The lowest BCUT2D eigenvalue weighted by Gasteiger charge is -2.18. The van der Waals surface area contributed by atoms with Crippen LogP contribution in [0.4, 0.5) is 0 Å². The van der Waals surface area contributed by atoms with Gasteiger partial charge in [-0.15, -0.1) is 0 Å². The van der Waals surface area contributed by atoms with Crippen LogP contribution < -0.4 is 20.3 Å². The maximum absolute atomic E-state index is 13.1. The molecule has 4 rings (SSSR count). The van der Waals surface area contributed by atoms with Crippen molar-refractivity contribution in [2.45, 2.75) is 33.2 Å². The predicted octanol–water partition coefficient (Wildman–Crippen LogP) is 3.74. The van der Waals surface area contributed by atoms with Gasteiger partial charge in [-0.2, -0.15) is 5.10 Å². The number of nitrogens with zero attached hydrogens (tertiary/aromatic N) is 3. The molecule has 4 aromatic rings. The second kappa shape index (κ2) is 10.0. The van der Waals surface area contributed by atoms with E-state index in [4.69, 9.17) is 14.6 Å². The first-order chi connectivity index (χ1) is 16.8. The third-order valence-electron chi connectivity index (χ3n) is 6.16. The number of para-hydroxylation sites is 1. The number of carbonyl (C=O) groups excluding carboxylic acids is 1. The van der Waals surface area contributed by atoms with E-state index >= 15 is 0 Å². The van der Waals surface area contributed by atoms with Gasteiger partial charge in [-0.3, -0.25) is 14.2 Å². The lowest BCUT2D eigenvalue weighted by atomic mass is 10.1. The van der Waals surface area contributed by atoms with E-state index in [1.807, 2.05) is 62.4 Å². The number of aromatic nitrogens is 3. The SMILES string of the molecule is COc1ccc(CCNC(=O)C(C)n2c(=O)cc(C)c3c(C)nn(-c4ccccc4)c32)cc1OC. The summed E-state index contributed by atoms with van der Waals surface area (Å²) in [6.07, 6.45) is 0.609. The number of methoxy groups -OCH3 is 2. The summed E-state index contributed by atoms with van der Waals surface area (Å²) in [6, 6.07) is 16.1. The van der Waals surface area contributed by atoms with Crippen molar-refractivity contribution in [2.75, 3.05) is 20.8 Å². The van der Waals surface area contributed by atoms with Crippen molar-refractivity contribution in [3.63, 3.8) is 0 Å². The summed E-state index contributed by atoms with van der Waals surface area (Å²) < 4.78 is 13.9. The fourth-order valence-electron chi connectivity index (χ4n) is 4.39. The van der Waals surface area contributed by atoms with Crippen LogP contribution in [-0.2, 0) is 11.2 Å². The number of fused-ring (bicyclic) bond motifs is 1. The van der Waals surface area contributed by atoms with Gasteiger partial charge in [-0.05, 0) is 62.6 Å². The standard InChI is InChI=1S/C27H30N4O4/c1-17-15-24(32)30(27-25(17)18(2)29-31(27)21-9-7-6-8-10-21)19(3)26(33)28-14-13-20-11-12-22(34-4)23(16-20)35-5/h6-12,15-16,19H,13-14H2,1-5H3,(H,28,33). The molecule has 0 fully saturated rings. The van der Waals surface area contributed by atoms with Gasteiger partial charge in [0.2, 0.25) is 5.91 Å². The van der Waals surface area contributed by atoms with Gasteiger partial charge < -0.3 is 14.8 Å². The Morgan fingerprint density at radius 1 is 1.03 bits per heavy atom. The Balaban J connectivity index is 1.62. The third kappa shape index (κ3) is 4.64. The largest absolute Gasteiger partial charge is 0.493 e. The summed E-state index contributed by atoms with van der Waals surface area (Å²) in [5, 5.41) is 8.54. The highest BCUT2D eigenvalue weighted by Gasteiger charge is 2.23. The van der Waals surface area contributed by atoms with Gasteiger partial charge in [0.15, 0.2) is 11.5 Å². The molecule has 2 aromatic carbocycles. The molecular weight excluding hydrogens is 444 g/mol. The molecule has 0 radical (unpaired) electrons. The predicted molar refractivity (Wildman–Crippen MR) is 136 cm³/mol. The van der Waals surface area contributed by atoms with Crippen LogP contribution in [0.25, 0.3) is 16.7 Å². The molecule has 0 aliphatic heterocycles. The maximum atomic E-state index is 13.1. The zero-order chi connectivity index (χ0) is 25.1. The van der Waals surface area contributed by atoms with E-state index in [1.165, 1.54) is 4.57 Å². The lowest BCUT2D eigenvalue weighted by molar-refractivity contribution is -0.123. The third-order valence-corrected chi connectivity index (χ3v) is 6.16. The maximum Gasteiger partial charge on any atom is 0.253 e. The molecule has 35 heavy (non-hydrogen) atoms. The number of ether oxygens (including phenoxy) is 2. The molecule has 8 nitrogen and oxygen atoms in total. The molecule has 2 aromatic heterocycles. The molecule has 0 aliphatic rings. The smallest absolute Gasteiger partial charge is 0.253 e. The Bertz CT molecular complexity index is 1420. The lowest BCUT2D eigenvalue weighted by Crippen LogP contribution is -2.37. The molecule has 1 atom stereocenters. The van der Waals surface area contributed by atoms with Gasteiger partial charge in [-0.25, -0.2) is 4.68 Å². The first-order valence-corrected chi connectivity index (χ1v) is 11.5. The zero-order valence-corrected chi connectivity index (χ0v) is 20.7. The molecular formula is C27H30N4O4. The number of amides is 1. The molecule has 8 heteroatoms. The summed E-state index contributed by atoms with van der Waals surface area (Å²) >= 11 is 0. The highest BCUT2D eigenvalue weighted by Crippen LogP contribution is 2.28. The summed E-state index contributed by atoms with van der Waals surface area (Å²) in [6.45, 7) is 5.96. The molecule has 2 heterocycles. The van der Waals surface area contributed by atoms with Gasteiger partial charge in [0.05, 0.1) is 25.6 Å². The van der Waals surface area contributed by atoms with Crippen molar-refractivity contribution in [3.8, 4) is 17.2 Å².